The average molecular weight is 351 g/mol. The van der Waals surface area contributed by atoms with Crippen LogP contribution in [0.4, 0.5) is 0 Å². The van der Waals surface area contributed by atoms with Crippen molar-refractivity contribution in [1.82, 2.24) is 4.90 Å². The van der Waals surface area contributed by atoms with Crippen molar-refractivity contribution in [3.8, 4) is 11.5 Å². The second-order valence-electron chi connectivity index (χ2n) is 7.02. The number of nitrogens with zero attached hydrogens (tertiary/aromatic N) is 1. The molecule has 1 N–H and O–H groups in total. The Kier molecular flexibility index (Phi) is 4.85. The maximum atomic E-state index is 10.5. The Morgan fingerprint density at radius 2 is 1.85 bits per heavy atom. The molecule has 3 heterocycles. The highest BCUT2D eigenvalue weighted by Crippen LogP contribution is 2.36. The third kappa shape index (κ3) is 3.42. The van der Waals surface area contributed by atoms with Crippen LogP contribution in [0.25, 0.3) is 6.08 Å². The van der Waals surface area contributed by atoms with Gasteiger partial charge in [0, 0.05) is 18.8 Å². The fraction of sp³-hybridized carbons (Fsp3) is 0.364. The van der Waals surface area contributed by atoms with Crippen LogP contribution in [-0.4, -0.2) is 36.3 Å². The molecule has 1 atom stereocenters. The summed E-state index contributed by atoms with van der Waals surface area (Å²) in [7, 11) is 1.66. The van der Waals surface area contributed by atoms with Crippen molar-refractivity contribution in [3.63, 3.8) is 0 Å². The summed E-state index contributed by atoms with van der Waals surface area (Å²) in [5.41, 5.74) is 3.18. The van der Waals surface area contributed by atoms with E-state index in [1.54, 1.807) is 7.11 Å². The van der Waals surface area contributed by atoms with Gasteiger partial charge >= 0.3 is 0 Å². The number of hydrogen-bond donors (Lipinski definition) is 1. The van der Waals surface area contributed by atoms with Gasteiger partial charge in [-0.25, -0.2) is 0 Å². The van der Waals surface area contributed by atoms with Gasteiger partial charge in [-0.15, -0.1) is 0 Å². The van der Waals surface area contributed by atoms with Gasteiger partial charge < -0.3 is 19.5 Å². The first-order chi connectivity index (χ1) is 12.7. The Morgan fingerprint density at radius 1 is 1.08 bits per heavy atom. The lowest BCUT2D eigenvalue weighted by molar-refractivity contribution is 0.0215. The highest BCUT2D eigenvalue weighted by molar-refractivity contribution is 5.59. The fourth-order valence-electron chi connectivity index (χ4n) is 3.88. The first-order valence-corrected chi connectivity index (χ1v) is 9.24. The molecular weight excluding hydrogens is 326 g/mol. The second kappa shape index (κ2) is 7.42. The predicted molar refractivity (Wildman–Crippen MR) is 102 cm³/mol. The minimum Gasteiger partial charge on any atom is -0.493 e. The second-order valence-corrected chi connectivity index (χ2v) is 7.02. The number of hydrogen-bond acceptors (Lipinski definition) is 4. The molecule has 0 aliphatic carbocycles. The van der Waals surface area contributed by atoms with Crippen molar-refractivity contribution in [1.29, 1.82) is 0 Å². The van der Waals surface area contributed by atoms with Crippen LogP contribution in [0.5, 0.6) is 11.5 Å². The highest BCUT2D eigenvalue weighted by Gasteiger charge is 2.36. The lowest BCUT2D eigenvalue weighted by Gasteiger charge is -2.45. The number of aliphatic hydroxyl groups excluding tert-OH is 1. The molecule has 3 saturated heterocycles. The molecule has 4 nitrogen and oxygen atoms in total. The van der Waals surface area contributed by atoms with E-state index in [0.29, 0.717) is 18.3 Å². The zero-order valence-corrected chi connectivity index (χ0v) is 15.1. The average Bonchev–Trinajstić information content (AvgIpc) is 2.70. The molecule has 0 spiro atoms. The van der Waals surface area contributed by atoms with Crippen molar-refractivity contribution >= 4 is 6.08 Å². The maximum Gasteiger partial charge on any atom is 0.161 e. The summed E-state index contributed by atoms with van der Waals surface area (Å²) in [6, 6.07) is 16.0. The van der Waals surface area contributed by atoms with Crippen LogP contribution in [-0.2, 0) is 6.61 Å². The molecule has 3 aliphatic heterocycles. The normalized spacial score (nSPS) is 23.3. The molecule has 2 aromatic rings. The van der Waals surface area contributed by atoms with E-state index in [-0.39, 0.29) is 6.10 Å². The smallest absolute Gasteiger partial charge is 0.161 e. The monoisotopic (exact) mass is 351 g/mol. The number of ether oxygens (including phenoxy) is 2. The summed E-state index contributed by atoms with van der Waals surface area (Å²) in [5.74, 6) is 1.84. The number of aliphatic hydroxyl groups is 1. The Balaban J connectivity index is 1.53. The number of benzene rings is 2. The van der Waals surface area contributed by atoms with Gasteiger partial charge in [-0.3, -0.25) is 0 Å². The van der Waals surface area contributed by atoms with E-state index >= 15 is 0 Å². The summed E-state index contributed by atoms with van der Waals surface area (Å²) in [5, 5.41) is 10.5. The molecule has 0 aromatic heterocycles. The molecule has 0 amide bonds. The zero-order chi connectivity index (χ0) is 17.9. The Hall–Kier alpha value is -2.46. The molecule has 136 valence electrons. The molecule has 3 aliphatic rings. The van der Waals surface area contributed by atoms with Crippen molar-refractivity contribution in [2.75, 3.05) is 20.2 Å². The van der Waals surface area contributed by atoms with Crippen molar-refractivity contribution in [3.05, 3.63) is 65.4 Å². The lowest BCUT2D eigenvalue weighted by Crippen LogP contribution is -2.48. The minimum atomic E-state index is -0.350. The fourth-order valence-corrected chi connectivity index (χ4v) is 3.88. The van der Waals surface area contributed by atoms with E-state index in [9.17, 15) is 5.11 Å². The number of methoxy groups -OCH3 is 1. The molecule has 1 unspecified atom stereocenters. The molecule has 2 bridgehead atoms. The first-order valence-electron chi connectivity index (χ1n) is 9.24. The third-order valence-electron chi connectivity index (χ3n) is 5.39. The van der Waals surface area contributed by atoms with E-state index in [2.05, 4.69) is 11.0 Å². The third-order valence-corrected chi connectivity index (χ3v) is 5.39. The van der Waals surface area contributed by atoms with E-state index in [4.69, 9.17) is 9.47 Å². The van der Waals surface area contributed by atoms with Gasteiger partial charge in [0.1, 0.15) is 6.61 Å². The lowest BCUT2D eigenvalue weighted by atomic mass is 9.83. The van der Waals surface area contributed by atoms with Crippen molar-refractivity contribution < 1.29 is 14.6 Å². The van der Waals surface area contributed by atoms with E-state index < -0.39 is 0 Å². The molecule has 26 heavy (non-hydrogen) atoms. The van der Waals surface area contributed by atoms with Gasteiger partial charge in [0.15, 0.2) is 11.5 Å². The maximum absolute atomic E-state index is 10.5. The van der Waals surface area contributed by atoms with Crippen LogP contribution in [0.2, 0.25) is 0 Å². The molecule has 0 radical (unpaired) electrons. The van der Waals surface area contributed by atoms with Gasteiger partial charge in [-0.1, -0.05) is 36.4 Å². The van der Waals surface area contributed by atoms with Gasteiger partial charge in [0.05, 0.1) is 13.2 Å². The topological polar surface area (TPSA) is 41.9 Å². The van der Waals surface area contributed by atoms with Gasteiger partial charge in [-0.05, 0) is 48.1 Å². The Bertz CT molecular complexity index is 775. The zero-order valence-electron chi connectivity index (χ0n) is 15.1. The van der Waals surface area contributed by atoms with Gasteiger partial charge in [-0.2, -0.15) is 0 Å². The SMILES string of the molecule is COc1cc(C=C2C(O)C3CCN2CC3)ccc1OCc1ccccc1. The van der Waals surface area contributed by atoms with Crippen LogP contribution in [0, 0.1) is 5.92 Å². The summed E-state index contributed by atoms with van der Waals surface area (Å²) >= 11 is 0. The quantitative estimate of drug-likeness (QED) is 0.892. The Labute approximate surface area is 154 Å². The van der Waals surface area contributed by atoms with E-state index in [1.165, 1.54) is 0 Å². The largest absolute Gasteiger partial charge is 0.493 e. The minimum absolute atomic E-state index is 0.350. The molecular formula is C22H25NO3. The summed E-state index contributed by atoms with van der Waals surface area (Å²) in [6.07, 6.45) is 3.92. The Morgan fingerprint density at radius 3 is 2.54 bits per heavy atom. The molecule has 0 saturated carbocycles. The standard InChI is InChI=1S/C22H25NO3/c1-25-21-14-17(13-19-22(24)18-9-11-23(19)12-10-18)7-8-20(21)26-15-16-5-3-2-4-6-16/h2-8,13-14,18,22,24H,9-12,15H2,1H3. The number of rotatable bonds is 5. The van der Waals surface area contributed by atoms with Crippen LogP contribution >= 0.6 is 0 Å². The number of piperidine rings is 3. The highest BCUT2D eigenvalue weighted by atomic mass is 16.5. The number of fused-ring (bicyclic) bond motifs is 3. The van der Waals surface area contributed by atoms with Crippen molar-refractivity contribution in [2.24, 2.45) is 5.92 Å². The van der Waals surface area contributed by atoms with Crippen LogP contribution in [0.3, 0.4) is 0 Å². The predicted octanol–water partition coefficient (Wildman–Crippen LogP) is 3.70. The summed E-state index contributed by atoms with van der Waals surface area (Å²) < 4.78 is 11.4. The summed E-state index contributed by atoms with van der Waals surface area (Å²) in [6.45, 7) is 2.59. The van der Waals surface area contributed by atoms with Gasteiger partial charge in [0.2, 0.25) is 0 Å². The van der Waals surface area contributed by atoms with Crippen LogP contribution in [0.15, 0.2) is 54.2 Å². The van der Waals surface area contributed by atoms with Crippen LogP contribution in [0.1, 0.15) is 24.0 Å². The molecule has 5 rings (SSSR count). The van der Waals surface area contributed by atoms with E-state index in [1.807, 2.05) is 48.5 Å². The summed E-state index contributed by atoms with van der Waals surface area (Å²) in [4.78, 5) is 2.30. The molecule has 2 aromatic carbocycles. The van der Waals surface area contributed by atoms with Crippen molar-refractivity contribution in [2.45, 2.75) is 25.6 Å². The van der Waals surface area contributed by atoms with Gasteiger partial charge in [0.25, 0.3) is 0 Å². The van der Waals surface area contributed by atoms with Crippen LogP contribution < -0.4 is 9.47 Å². The molecule has 4 heteroatoms. The van der Waals surface area contributed by atoms with E-state index in [0.717, 1.165) is 48.5 Å². The molecule has 3 fully saturated rings. The first kappa shape index (κ1) is 17.0.